The van der Waals surface area contributed by atoms with Crippen LogP contribution in [-0.2, 0) is 9.59 Å². The number of carbonyl (C=O) groups is 2. The highest BCUT2D eigenvalue weighted by atomic mass is 16.2. The minimum absolute atomic E-state index is 0.0214. The van der Waals surface area contributed by atoms with E-state index in [9.17, 15) is 9.59 Å². The quantitative estimate of drug-likeness (QED) is 0.700. The van der Waals surface area contributed by atoms with Crippen molar-refractivity contribution < 1.29 is 9.59 Å². The number of hydrogen-bond acceptors (Lipinski definition) is 2. The van der Waals surface area contributed by atoms with E-state index in [-0.39, 0.29) is 29.2 Å². The molecule has 0 radical (unpaired) electrons. The molecule has 0 spiro atoms. The van der Waals surface area contributed by atoms with Crippen molar-refractivity contribution in [1.29, 1.82) is 0 Å². The van der Waals surface area contributed by atoms with Gasteiger partial charge in [-0.2, -0.15) is 0 Å². The van der Waals surface area contributed by atoms with Crippen LogP contribution in [0.15, 0.2) is 24.8 Å². The highest BCUT2D eigenvalue weighted by molar-refractivity contribution is 5.90. The molecule has 0 unspecified atom stereocenters. The molecule has 0 aromatic rings. The van der Waals surface area contributed by atoms with Crippen molar-refractivity contribution in [1.82, 2.24) is 10.2 Å². The summed E-state index contributed by atoms with van der Waals surface area (Å²) in [6, 6.07) is -0.502. The molecule has 0 bridgehead atoms. The standard InChI is InChI=1S/C21H38N2O2/c1-11-12-13-14-15(2)16(3)17(18(24)22-21(7,8)9)23(10)19(25)20(4,5)6/h11-13,15-17H,1,14H2,2-10H3,(H,22,24)/b13-12+/t15-,16-,17+/m1/s1. The average molecular weight is 351 g/mol. The molecule has 0 saturated heterocycles. The van der Waals surface area contributed by atoms with E-state index in [4.69, 9.17) is 0 Å². The van der Waals surface area contributed by atoms with E-state index in [1.54, 1.807) is 18.0 Å². The molecule has 144 valence electrons. The Labute approximate surface area is 154 Å². The average Bonchev–Trinajstić information content (AvgIpc) is 2.43. The summed E-state index contributed by atoms with van der Waals surface area (Å²) in [5.41, 5.74) is -0.868. The smallest absolute Gasteiger partial charge is 0.243 e. The molecule has 0 aromatic carbocycles. The van der Waals surface area contributed by atoms with Gasteiger partial charge in [-0.15, -0.1) is 0 Å². The number of rotatable bonds is 7. The summed E-state index contributed by atoms with van der Waals surface area (Å²) in [6.45, 7) is 19.3. The molecule has 0 fully saturated rings. The van der Waals surface area contributed by atoms with Gasteiger partial charge in [-0.3, -0.25) is 9.59 Å². The molecule has 1 N–H and O–H groups in total. The maximum Gasteiger partial charge on any atom is 0.243 e. The van der Waals surface area contributed by atoms with E-state index in [0.717, 1.165) is 6.42 Å². The zero-order valence-electron chi connectivity index (χ0n) is 17.6. The highest BCUT2D eigenvalue weighted by Gasteiger charge is 2.38. The molecule has 25 heavy (non-hydrogen) atoms. The third-order valence-electron chi connectivity index (χ3n) is 4.32. The van der Waals surface area contributed by atoms with Gasteiger partial charge in [-0.25, -0.2) is 0 Å². The second-order valence-electron chi connectivity index (χ2n) is 9.09. The van der Waals surface area contributed by atoms with E-state index in [1.807, 2.05) is 54.5 Å². The monoisotopic (exact) mass is 350 g/mol. The molecule has 0 aliphatic rings. The van der Waals surface area contributed by atoms with Crippen molar-refractivity contribution in [2.75, 3.05) is 7.05 Å². The number of nitrogens with zero attached hydrogens (tertiary/aromatic N) is 1. The molecular formula is C21H38N2O2. The SMILES string of the molecule is C=C/C=C/C[C@@H](C)[C@@H](C)[C@@H](C(=O)NC(C)(C)C)N(C)C(=O)C(C)(C)C. The minimum atomic E-state index is -0.527. The topological polar surface area (TPSA) is 49.4 Å². The fourth-order valence-electron chi connectivity index (χ4n) is 2.78. The van der Waals surface area contributed by atoms with Gasteiger partial charge in [0, 0.05) is 18.0 Å². The minimum Gasteiger partial charge on any atom is -0.350 e. The Balaban J connectivity index is 5.58. The second kappa shape index (κ2) is 9.21. The molecule has 4 heteroatoms. The van der Waals surface area contributed by atoms with Crippen molar-refractivity contribution in [3.8, 4) is 0 Å². The van der Waals surface area contributed by atoms with Gasteiger partial charge in [0.1, 0.15) is 6.04 Å². The van der Waals surface area contributed by atoms with Crippen molar-refractivity contribution in [3.05, 3.63) is 24.8 Å². The van der Waals surface area contributed by atoms with Gasteiger partial charge in [0.15, 0.2) is 0 Å². The summed E-state index contributed by atoms with van der Waals surface area (Å²) >= 11 is 0. The molecule has 3 atom stereocenters. The van der Waals surface area contributed by atoms with Crippen LogP contribution in [0.1, 0.15) is 61.8 Å². The summed E-state index contributed by atoms with van der Waals surface area (Å²) in [4.78, 5) is 27.4. The molecule has 0 rings (SSSR count). The van der Waals surface area contributed by atoms with Gasteiger partial charge in [0.25, 0.3) is 0 Å². The first kappa shape index (κ1) is 23.4. The number of amides is 2. The highest BCUT2D eigenvalue weighted by Crippen LogP contribution is 2.27. The van der Waals surface area contributed by atoms with E-state index >= 15 is 0 Å². The van der Waals surface area contributed by atoms with E-state index < -0.39 is 11.5 Å². The number of likely N-dealkylation sites (N-methyl/N-ethyl adjacent to an activating group) is 1. The van der Waals surface area contributed by atoms with Crippen molar-refractivity contribution in [2.45, 2.75) is 73.4 Å². The van der Waals surface area contributed by atoms with E-state index in [1.165, 1.54) is 0 Å². The third-order valence-corrected chi connectivity index (χ3v) is 4.32. The molecule has 0 aliphatic heterocycles. The normalized spacial score (nSPS) is 16.2. The summed E-state index contributed by atoms with van der Waals surface area (Å²) in [5, 5.41) is 3.04. The van der Waals surface area contributed by atoms with Crippen LogP contribution in [0.5, 0.6) is 0 Å². The summed E-state index contributed by atoms with van der Waals surface area (Å²) in [5.74, 6) is 0.150. The number of nitrogens with one attached hydrogen (secondary N) is 1. The lowest BCUT2D eigenvalue weighted by Gasteiger charge is -2.39. The molecule has 4 nitrogen and oxygen atoms in total. The van der Waals surface area contributed by atoms with Crippen LogP contribution in [0.25, 0.3) is 0 Å². The summed E-state index contributed by atoms with van der Waals surface area (Å²) in [6.07, 6.45) is 6.55. The lowest BCUT2D eigenvalue weighted by molar-refractivity contribution is -0.147. The van der Waals surface area contributed by atoms with E-state index in [0.29, 0.717) is 0 Å². The Morgan fingerprint density at radius 3 is 2.04 bits per heavy atom. The van der Waals surface area contributed by atoms with Gasteiger partial charge < -0.3 is 10.2 Å². The van der Waals surface area contributed by atoms with Crippen molar-refractivity contribution in [2.24, 2.45) is 17.3 Å². The lowest BCUT2D eigenvalue weighted by atomic mass is 9.83. The van der Waals surface area contributed by atoms with E-state index in [2.05, 4.69) is 24.9 Å². The fraction of sp³-hybridized carbons (Fsp3) is 0.714. The van der Waals surface area contributed by atoms with Crippen LogP contribution >= 0.6 is 0 Å². The van der Waals surface area contributed by atoms with Gasteiger partial charge in [0.2, 0.25) is 11.8 Å². The third kappa shape index (κ3) is 7.89. The summed E-state index contributed by atoms with van der Waals surface area (Å²) < 4.78 is 0. The van der Waals surface area contributed by atoms with Crippen molar-refractivity contribution >= 4 is 11.8 Å². The molecule has 0 aromatic heterocycles. The Kier molecular flexibility index (Phi) is 8.63. The van der Waals surface area contributed by atoms with Gasteiger partial charge in [-0.05, 0) is 39.0 Å². The summed E-state index contributed by atoms with van der Waals surface area (Å²) in [7, 11) is 1.74. The second-order valence-corrected chi connectivity index (χ2v) is 9.09. The lowest BCUT2D eigenvalue weighted by Crippen LogP contribution is -2.57. The number of carbonyl (C=O) groups excluding carboxylic acids is 2. The van der Waals surface area contributed by atoms with Crippen LogP contribution in [-0.4, -0.2) is 35.3 Å². The zero-order valence-corrected chi connectivity index (χ0v) is 17.6. The first-order valence-corrected chi connectivity index (χ1v) is 9.09. The molecule has 0 aliphatic carbocycles. The largest absolute Gasteiger partial charge is 0.350 e. The number of allylic oxidation sites excluding steroid dienone is 3. The first-order chi connectivity index (χ1) is 11.2. The predicted octanol–water partition coefficient (Wildman–Crippen LogP) is 4.18. The van der Waals surface area contributed by atoms with Crippen LogP contribution in [0.3, 0.4) is 0 Å². The maximum atomic E-state index is 13.0. The Morgan fingerprint density at radius 1 is 1.12 bits per heavy atom. The predicted molar refractivity (Wildman–Crippen MR) is 106 cm³/mol. The first-order valence-electron chi connectivity index (χ1n) is 9.09. The molecule has 2 amide bonds. The van der Waals surface area contributed by atoms with Crippen LogP contribution in [0, 0.1) is 17.3 Å². The van der Waals surface area contributed by atoms with Gasteiger partial charge in [-0.1, -0.05) is 59.4 Å². The van der Waals surface area contributed by atoms with Gasteiger partial charge >= 0.3 is 0 Å². The van der Waals surface area contributed by atoms with Crippen LogP contribution < -0.4 is 5.32 Å². The Bertz CT molecular complexity index is 495. The zero-order chi connectivity index (χ0) is 20.0. The molecule has 0 heterocycles. The Morgan fingerprint density at radius 2 is 1.64 bits per heavy atom. The molecular weight excluding hydrogens is 312 g/mol. The molecule has 0 saturated carbocycles. The van der Waals surface area contributed by atoms with Crippen molar-refractivity contribution in [3.63, 3.8) is 0 Å². The maximum absolute atomic E-state index is 13.0. The fourth-order valence-corrected chi connectivity index (χ4v) is 2.78. The van der Waals surface area contributed by atoms with Crippen LogP contribution in [0.4, 0.5) is 0 Å². The Hall–Kier alpha value is -1.58. The van der Waals surface area contributed by atoms with Gasteiger partial charge in [0.05, 0.1) is 0 Å². The van der Waals surface area contributed by atoms with Crippen LogP contribution in [0.2, 0.25) is 0 Å². The number of hydrogen-bond donors (Lipinski definition) is 1.